The van der Waals surface area contributed by atoms with Crippen LogP contribution < -0.4 is 17.1 Å². The predicted octanol–water partition coefficient (Wildman–Crippen LogP) is -0.578. The molecule has 4 heteroatoms. The molecule has 1 radical (unpaired) electrons. The number of methoxy groups -OCH3 is 1. The van der Waals surface area contributed by atoms with Gasteiger partial charge in [0.2, 0.25) is 0 Å². The first-order chi connectivity index (χ1) is 9.36. The van der Waals surface area contributed by atoms with E-state index in [4.69, 9.17) is 7.84 Å². The molecule has 2 aromatic carbocycles. The standard InChI is InChI=1S/C16H14O2Te.ClH/c1-17-14-9-7-12(8-10-14)15-11-16(19-18-15)13-5-3-2-4-6-13;/h2-11,18H,1H3;1H/q+1;/p-1. The molecule has 0 atom stereocenters. The van der Waals surface area contributed by atoms with Gasteiger partial charge in [-0.2, -0.15) is 0 Å². The quantitative estimate of drug-likeness (QED) is 0.499. The Labute approximate surface area is 134 Å². The van der Waals surface area contributed by atoms with Crippen LogP contribution in [0.25, 0.3) is 5.76 Å². The molecule has 1 heterocycles. The predicted molar refractivity (Wildman–Crippen MR) is 79.5 cm³/mol. The van der Waals surface area contributed by atoms with E-state index in [9.17, 15) is 0 Å². The van der Waals surface area contributed by atoms with Gasteiger partial charge in [0.1, 0.15) is 0 Å². The molecule has 3 rings (SSSR count). The molecular weight excluding hydrogens is 387 g/mol. The van der Waals surface area contributed by atoms with Crippen molar-refractivity contribution in [2.24, 2.45) is 0 Å². The molecule has 2 nitrogen and oxygen atoms in total. The Balaban J connectivity index is 0.00000147. The first-order valence-electron chi connectivity index (χ1n) is 6.03. The van der Waals surface area contributed by atoms with E-state index in [1.807, 2.05) is 18.2 Å². The van der Waals surface area contributed by atoms with E-state index in [1.165, 1.54) is 9.11 Å². The average molecular weight is 401 g/mol. The summed E-state index contributed by atoms with van der Waals surface area (Å²) in [5, 5.41) is 0. The van der Waals surface area contributed by atoms with Crippen molar-refractivity contribution in [2.75, 3.05) is 7.11 Å². The molecule has 0 spiro atoms. The van der Waals surface area contributed by atoms with Crippen LogP contribution in [-0.2, 0) is 0 Å². The zero-order valence-corrected chi connectivity index (χ0v) is 14.0. The third-order valence-corrected chi connectivity index (χ3v) is 5.35. The zero-order chi connectivity index (χ0) is 13.1. The number of rotatable bonds is 3. The molecule has 1 N–H and O–H groups in total. The SMILES string of the molecule is COc1ccc(C2=CC(c3ccccc3)=[Te][OH+]2)cc1.[Cl-]. The third-order valence-electron chi connectivity index (χ3n) is 2.95. The summed E-state index contributed by atoms with van der Waals surface area (Å²) < 4.78 is 11.3. The summed E-state index contributed by atoms with van der Waals surface area (Å²) in [5.74, 6) is 1.98. The molecule has 103 valence electrons. The molecule has 0 saturated heterocycles. The van der Waals surface area contributed by atoms with Crippen molar-refractivity contribution in [3.8, 4) is 5.75 Å². The van der Waals surface area contributed by atoms with Crippen molar-refractivity contribution in [1.29, 1.82) is 0 Å². The third kappa shape index (κ3) is 3.24. The van der Waals surface area contributed by atoms with Gasteiger partial charge in [0.25, 0.3) is 0 Å². The van der Waals surface area contributed by atoms with Crippen LogP contribution >= 0.6 is 0 Å². The van der Waals surface area contributed by atoms with E-state index in [0.29, 0.717) is 0 Å². The maximum atomic E-state index is 5.18. The second-order valence-corrected chi connectivity index (χ2v) is 6.47. The molecular formula is C16H14ClO2Te. The Morgan fingerprint density at radius 1 is 0.900 bits per heavy atom. The smallest absolute Gasteiger partial charge is 1.00 e. The molecule has 0 amide bonds. The molecule has 0 bridgehead atoms. The van der Waals surface area contributed by atoms with Gasteiger partial charge in [-0.15, -0.1) is 0 Å². The summed E-state index contributed by atoms with van der Waals surface area (Å²) in [4.78, 5) is 0. The second-order valence-electron chi connectivity index (χ2n) is 4.17. The topological polar surface area (TPSA) is 22.0 Å². The Morgan fingerprint density at radius 3 is 2.25 bits per heavy atom. The van der Waals surface area contributed by atoms with Gasteiger partial charge >= 0.3 is 123 Å². The maximum absolute atomic E-state index is 5.18. The van der Waals surface area contributed by atoms with Gasteiger partial charge < -0.3 is 12.4 Å². The Kier molecular flexibility index (Phi) is 5.25. The van der Waals surface area contributed by atoms with Crippen LogP contribution in [-0.4, -0.2) is 34.6 Å². The Morgan fingerprint density at radius 2 is 1.60 bits per heavy atom. The van der Waals surface area contributed by atoms with E-state index in [-0.39, 0.29) is 12.4 Å². The van der Waals surface area contributed by atoms with Crippen LogP contribution in [0.5, 0.6) is 5.75 Å². The minimum Gasteiger partial charge on any atom is -1.00 e. The summed E-state index contributed by atoms with van der Waals surface area (Å²) in [6.07, 6.45) is 2.22. The van der Waals surface area contributed by atoms with Crippen LogP contribution in [0.1, 0.15) is 11.1 Å². The van der Waals surface area contributed by atoms with Gasteiger partial charge in [0.05, 0.1) is 0 Å². The molecule has 0 saturated carbocycles. The first-order valence-corrected chi connectivity index (χ1v) is 8.24. The number of halogens is 1. The fourth-order valence-corrected chi connectivity index (χ4v) is 4.08. The number of hydrogen-bond acceptors (Lipinski definition) is 1. The van der Waals surface area contributed by atoms with E-state index in [0.717, 1.165) is 17.1 Å². The zero-order valence-electron chi connectivity index (χ0n) is 10.9. The summed E-state index contributed by atoms with van der Waals surface area (Å²) in [5.41, 5.74) is 2.47. The number of aliphatic hydroxyl groups is 1. The van der Waals surface area contributed by atoms with Crippen LogP contribution in [0, 0.1) is 0 Å². The summed E-state index contributed by atoms with van der Waals surface area (Å²) in [7, 11) is 1.68. The van der Waals surface area contributed by atoms with E-state index >= 15 is 0 Å². The largest absolute Gasteiger partial charge is 1.00 e. The molecule has 2 aromatic rings. The monoisotopic (exact) mass is 403 g/mol. The molecule has 0 fully saturated rings. The minimum atomic E-state index is -0.447. The van der Waals surface area contributed by atoms with Gasteiger partial charge in [-0.1, -0.05) is 0 Å². The van der Waals surface area contributed by atoms with Crippen LogP contribution in [0.2, 0.25) is 0 Å². The van der Waals surface area contributed by atoms with E-state index < -0.39 is 20.9 Å². The van der Waals surface area contributed by atoms with Gasteiger partial charge in [0.15, 0.2) is 0 Å². The number of allylic oxidation sites excluding steroid dienone is 1. The minimum absolute atomic E-state index is 0. The fourth-order valence-electron chi connectivity index (χ4n) is 1.91. The normalized spacial score (nSPS) is 12.8. The van der Waals surface area contributed by atoms with Crippen molar-refractivity contribution in [1.82, 2.24) is 0 Å². The summed E-state index contributed by atoms with van der Waals surface area (Å²) >= 11 is -0.447. The van der Waals surface area contributed by atoms with E-state index in [2.05, 4.69) is 42.5 Å². The van der Waals surface area contributed by atoms with Crippen molar-refractivity contribution >= 4 is 30.2 Å². The van der Waals surface area contributed by atoms with E-state index in [1.54, 1.807) is 7.11 Å². The van der Waals surface area contributed by atoms with Crippen LogP contribution in [0.15, 0.2) is 60.7 Å². The molecule has 1 aliphatic heterocycles. The second kappa shape index (κ2) is 6.95. The van der Waals surface area contributed by atoms with Crippen LogP contribution in [0.4, 0.5) is 0 Å². The van der Waals surface area contributed by atoms with Crippen molar-refractivity contribution in [3.63, 3.8) is 0 Å². The Hall–Kier alpha value is -1.27. The molecule has 0 aliphatic carbocycles. The van der Waals surface area contributed by atoms with Crippen LogP contribution in [0.3, 0.4) is 0 Å². The van der Waals surface area contributed by atoms with Crippen molar-refractivity contribution < 1.29 is 20.2 Å². The fraction of sp³-hybridized carbons (Fsp3) is 0.0625. The average Bonchev–Trinajstić information content (AvgIpc) is 2.98. The summed E-state index contributed by atoms with van der Waals surface area (Å²) in [6.45, 7) is 0. The van der Waals surface area contributed by atoms with Gasteiger partial charge in [-0.05, 0) is 0 Å². The molecule has 1 aliphatic rings. The number of hydrogen-bond donors (Lipinski definition) is 0. The number of ether oxygens (including phenoxy) is 1. The van der Waals surface area contributed by atoms with Gasteiger partial charge in [0, 0.05) is 0 Å². The van der Waals surface area contributed by atoms with Gasteiger partial charge in [-0.3, -0.25) is 0 Å². The molecule has 0 aromatic heterocycles. The molecule has 0 unspecified atom stereocenters. The Bertz CT molecular complexity index is 633. The summed E-state index contributed by atoms with van der Waals surface area (Å²) in [6, 6.07) is 18.6. The maximum Gasteiger partial charge on any atom is -1.00 e. The number of benzene rings is 2. The van der Waals surface area contributed by atoms with Gasteiger partial charge in [-0.25, -0.2) is 0 Å². The molecule has 20 heavy (non-hydrogen) atoms. The van der Waals surface area contributed by atoms with Crippen molar-refractivity contribution in [2.45, 2.75) is 0 Å². The first kappa shape index (κ1) is 15.1. The van der Waals surface area contributed by atoms with Crippen molar-refractivity contribution in [3.05, 3.63) is 71.8 Å².